The maximum atomic E-state index is 10.7. The van der Waals surface area contributed by atoms with E-state index in [9.17, 15) is 5.11 Å². The van der Waals surface area contributed by atoms with Gasteiger partial charge in [0.05, 0.1) is 11.9 Å². The number of aromatic nitrogens is 2. The summed E-state index contributed by atoms with van der Waals surface area (Å²) in [6.07, 6.45) is 8.04. The van der Waals surface area contributed by atoms with Crippen LogP contribution in [0.15, 0.2) is 12.5 Å². The molecular weight excluding hydrogens is 232 g/mol. The van der Waals surface area contributed by atoms with Crippen LogP contribution in [-0.4, -0.2) is 14.5 Å². The highest BCUT2D eigenvalue weighted by Crippen LogP contribution is 2.48. The van der Waals surface area contributed by atoms with Gasteiger partial charge < -0.3 is 5.11 Å². The average Bonchev–Trinajstić information content (AvgIpc) is 2.93. The molecule has 0 aliphatic heterocycles. The first kappa shape index (κ1) is 11.2. The summed E-state index contributed by atoms with van der Waals surface area (Å²) in [4.78, 5) is 6.49. The summed E-state index contributed by atoms with van der Waals surface area (Å²) in [6, 6.07) is 0. The lowest BCUT2D eigenvalue weighted by Gasteiger charge is -2.30. The Labute approximate surface area is 105 Å². The van der Waals surface area contributed by atoms with Gasteiger partial charge in [-0.25, -0.2) is 4.98 Å². The molecule has 0 saturated heterocycles. The predicted molar refractivity (Wildman–Crippen MR) is 69.3 cm³/mol. The van der Waals surface area contributed by atoms with Crippen molar-refractivity contribution >= 4 is 16.2 Å². The van der Waals surface area contributed by atoms with Crippen LogP contribution in [0, 0.1) is 12.3 Å². The zero-order chi connectivity index (χ0) is 12.0. The number of fused-ring (bicyclic) bond motifs is 1. The molecule has 0 bridgehead atoms. The molecule has 1 saturated carbocycles. The van der Waals surface area contributed by atoms with Crippen LogP contribution >= 0.6 is 11.3 Å². The van der Waals surface area contributed by atoms with Gasteiger partial charge in [0.25, 0.3) is 0 Å². The third-order valence-electron chi connectivity index (χ3n) is 4.15. The van der Waals surface area contributed by atoms with E-state index in [0.717, 1.165) is 23.4 Å². The molecule has 0 amide bonds. The zero-order valence-corrected chi connectivity index (χ0v) is 11.1. The Hall–Kier alpha value is -0.870. The van der Waals surface area contributed by atoms with Crippen LogP contribution in [0.2, 0.25) is 0 Å². The third-order valence-corrected chi connectivity index (χ3v) is 5.17. The summed E-state index contributed by atoms with van der Waals surface area (Å²) in [6.45, 7) is 4.30. The molecule has 0 unspecified atom stereocenters. The number of rotatable bonds is 2. The molecule has 17 heavy (non-hydrogen) atoms. The van der Waals surface area contributed by atoms with E-state index in [-0.39, 0.29) is 11.5 Å². The normalized spacial score (nSPS) is 21.1. The van der Waals surface area contributed by atoms with Gasteiger partial charge in [-0.2, -0.15) is 0 Å². The van der Waals surface area contributed by atoms with Gasteiger partial charge in [0.2, 0.25) is 0 Å². The Morgan fingerprint density at radius 1 is 1.47 bits per heavy atom. The summed E-state index contributed by atoms with van der Waals surface area (Å²) in [5, 5.41) is 10.7. The number of aliphatic hydroxyl groups is 1. The maximum Gasteiger partial charge on any atom is 0.120 e. The second-order valence-electron chi connectivity index (χ2n) is 5.41. The van der Waals surface area contributed by atoms with Gasteiger partial charge in [0, 0.05) is 4.88 Å². The van der Waals surface area contributed by atoms with E-state index < -0.39 is 0 Å². The van der Waals surface area contributed by atoms with Crippen molar-refractivity contribution < 1.29 is 5.11 Å². The Balaban J connectivity index is 2.08. The fourth-order valence-corrected chi connectivity index (χ4v) is 4.01. The molecule has 3 nitrogen and oxygen atoms in total. The first-order valence-electron chi connectivity index (χ1n) is 6.21. The molecule has 1 aliphatic rings. The lowest BCUT2D eigenvalue weighted by Crippen LogP contribution is -2.23. The van der Waals surface area contributed by atoms with Gasteiger partial charge in [-0.1, -0.05) is 19.8 Å². The highest BCUT2D eigenvalue weighted by molar-refractivity contribution is 7.17. The van der Waals surface area contributed by atoms with Crippen LogP contribution < -0.4 is 0 Å². The van der Waals surface area contributed by atoms with Crippen LogP contribution in [0.25, 0.3) is 4.83 Å². The van der Waals surface area contributed by atoms with Crippen molar-refractivity contribution in [3.63, 3.8) is 0 Å². The molecule has 1 aliphatic carbocycles. The average molecular weight is 250 g/mol. The Morgan fingerprint density at radius 2 is 2.18 bits per heavy atom. The lowest BCUT2D eigenvalue weighted by atomic mass is 9.81. The topological polar surface area (TPSA) is 37.5 Å². The van der Waals surface area contributed by atoms with Crippen molar-refractivity contribution in [3.8, 4) is 0 Å². The Kier molecular flexibility index (Phi) is 2.52. The van der Waals surface area contributed by atoms with Gasteiger partial charge >= 0.3 is 0 Å². The monoisotopic (exact) mass is 250 g/mol. The van der Waals surface area contributed by atoms with Crippen molar-refractivity contribution in [3.05, 3.63) is 23.1 Å². The van der Waals surface area contributed by atoms with E-state index in [1.54, 1.807) is 11.3 Å². The number of aryl methyl sites for hydroxylation is 1. The molecule has 0 aromatic carbocycles. The highest BCUT2D eigenvalue weighted by atomic mass is 32.1. The number of hydrogen-bond donors (Lipinski definition) is 1. The van der Waals surface area contributed by atoms with E-state index in [1.807, 2.05) is 16.9 Å². The number of imidazole rings is 1. The van der Waals surface area contributed by atoms with E-state index in [2.05, 4.69) is 18.8 Å². The Bertz CT molecular complexity index is 537. The van der Waals surface area contributed by atoms with Crippen LogP contribution in [0.3, 0.4) is 0 Å². The fourth-order valence-electron chi connectivity index (χ4n) is 3.03. The smallest absolute Gasteiger partial charge is 0.120 e. The van der Waals surface area contributed by atoms with Crippen molar-refractivity contribution in [2.24, 2.45) is 5.41 Å². The van der Waals surface area contributed by atoms with E-state index in [1.165, 1.54) is 17.7 Å². The number of aliphatic hydroxyl groups excluding tert-OH is 1. The molecule has 3 rings (SSSR count). The summed E-state index contributed by atoms with van der Waals surface area (Å²) >= 11 is 1.71. The largest absolute Gasteiger partial charge is 0.386 e. The van der Waals surface area contributed by atoms with Crippen molar-refractivity contribution in [1.82, 2.24) is 9.38 Å². The second-order valence-corrected chi connectivity index (χ2v) is 6.64. The zero-order valence-electron chi connectivity index (χ0n) is 10.3. The minimum Gasteiger partial charge on any atom is -0.386 e. The molecule has 92 valence electrons. The number of nitrogens with zero attached hydrogens (tertiary/aromatic N) is 2. The standard InChI is InChI=1S/C13H18N2OS/c1-9-11(15-8-14-7-10(15)17-9)12(16)13(2)5-3-4-6-13/h7-8,12,16H,3-6H2,1-2H3/t12-/m1/s1. The maximum absolute atomic E-state index is 10.7. The van der Waals surface area contributed by atoms with Gasteiger partial charge in [-0.3, -0.25) is 4.40 Å². The molecule has 1 N–H and O–H groups in total. The summed E-state index contributed by atoms with van der Waals surface area (Å²) < 4.78 is 2.05. The van der Waals surface area contributed by atoms with Crippen LogP contribution in [-0.2, 0) is 0 Å². The minimum absolute atomic E-state index is 0.0447. The molecular formula is C13H18N2OS. The van der Waals surface area contributed by atoms with E-state index >= 15 is 0 Å². The molecule has 4 heteroatoms. The molecule has 0 radical (unpaired) electrons. The van der Waals surface area contributed by atoms with Crippen LogP contribution in [0.1, 0.15) is 49.3 Å². The van der Waals surface area contributed by atoms with Crippen LogP contribution in [0.4, 0.5) is 0 Å². The SMILES string of the molecule is Cc1sc2cncn2c1[C@@H](O)C1(C)CCCC1. The lowest BCUT2D eigenvalue weighted by molar-refractivity contribution is 0.0364. The summed E-state index contributed by atoms with van der Waals surface area (Å²) in [5.41, 5.74) is 1.09. The number of hydrogen-bond acceptors (Lipinski definition) is 3. The Morgan fingerprint density at radius 3 is 2.88 bits per heavy atom. The molecule has 2 heterocycles. The fraction of sp³-hybridized carbons (Fsp3) is 0.615. The van der Waals surface area contributed by atoms with Gasteiger partial charge in [0.1, 0.15) is 17.3 Å². The predicted octanol–water partition coefficient (Wildman–Crippen LogP) is 3.32. The first-order chi connectivity index (χ1) is 8.12. The third kappa shape index (κ3) is 1.62. The van der Waals surface area contributed by atoms with Crippen LogP contribution in [0.5, 0.6) is 0 Å². The van der Waals surface area contributed by atoms with Crippen molar-refractivity contribution in [2.75, 3.05) is 0 Å². The second kappa shape index (κ2) is 3.82. The summed E-state index contributed by atoms with van der Waals surface area (Å²) in [5.74, 6) is 0. The minimum atomic E-state index is -0.368. The molecule has 2 aromatic heterocycles. The highest BCUT2D eigenvalue weighted by Gasteiger charge is 2.39. The van der Waals surface area contributed by atoms with Gasteiger partial charge in [0.15, 0.2) is 0 Å². The number of thiazole rings is 1. The van der Waals surface area contributed by atoms with Gasteiger partial charge in [-0.15, -0.1) is 11.3 Å². The molecule has 2 aromatic rings. The van der Waals surface area contributed by atoms with Gasteiger partial charge in [-0.05, 0) is 25.2 Å². The van der Waals surface area contributed by atoms with Crippen molar-refractivity contribution in [1.29, 1.82) is 0 Å². The van der Waals surface area contributed by atoms with Crippen molar-refractivity contribution in [2.45, 2.75) is 45.6 Å². The first-order valence-corrected chi connectivity index (χ1v) is 7.03. The molecule has 1 fully saturated rings. The van der Waals surface area contributed by atoms with E-state index in [4.69, 9.17) is 0 Å². The molecule has 1 atom stereocenters. The summed E-state index contributed by atoms with van der Waals surface area (Å²) in [7, 11) is 0. The molecule has 0 spiro atoms. The quantitative estimate of drug-likeness (QED) is 0.887. The van der Waals surface area contributed by atoms with E-state index in [0.29, 0.717) is 0 Å².